The molecule has 2 unspecified atom stereocenters. The predicted molar refractivity (Wildman–Crippen MR) is 77.2 cm³/mol. The van der Waals surface area contributed by atoms with Crippen molar-refractivity contribution >= 4 is 5.91 Å². The van der Waals surface area contributed by atoms with Crippen LogP contribution in [-0.2, 0) is 9.53 Å². The molecule has 19 heavy (non-hydrogen) atoms. The third kappa shape index (κ3) is 7.50. The number of nitrogens with one attached hydrogen (secondary N) is 2. The van der Waals surface area contributed by atoms with Crippen molar-refractivity contribution in [3.8, 4) is 0 Å². The molecule has 0 aromatic rings. The highest BCUT2D eigenvalue weighted by atomic mass is 16.5. The Morgan fingerprint density at radius 3 is 3.00 bits per heavy atom. The zero-order valence-electron chi connectivity index (χ0n) is 12.6. The molecular formula is C14H29N3O2. The molecule has 0 aromatic carbocycles. The van der Waals surface area contributed by atoms with Crippen LogP contribution in [0.4, 0.5) is 0 Å². The summed E-state index contributed by atoms with van der Waals surface area (Å²) in [5.41, 5.74) is 0. The lowest BCUT2D eigenvalue weighted by Crippen LogP contribution is -2.47. The number of nitrogens with zero attached hydrogens (tertiary/aromatic N) is 1. The van der Waals surface area contributed by atoms with Crippen LogP contribution in [0.25, 0.3) is 0 Å². The number of carbonyl (C=O) groups is 1. The van der Waals surface area contributed by atoms with Gasteiger partial charge in [-0.05, 0) is 32.2 Å². The number of hydrogen-bond donors (Lipinski definition) is 2. The van der Waals surface area contributed by atoms with Crippen LogP contribution in [0.5, 0.6) is 0 Å². The van der Waals surface area contributed by atoms with E-state index in [1.807, 2.05) is 0 Å². The zero-order valence-corrected chi connectivity index (χ0v) is 12.6. The molecule has 1 rings (SSSR count). The van der Waals surface area contributed by atoms with Crippen LogP contribution in [0.15, 0.2) is 0 Å². The lowest BCUT2D eigenvalue weighted by Gasteiger charge is -2.32. The average Bonchev–Trinajstić information content (AvgIpc) is 2.34. The van der Waals surface area contributed by atoms with Gasteiger partial charge in [0.1, 0.15) is 0 Å². The highest BCUT2D eigenvalue weighted by Crippen LogP contribution is 2.15. The maximum absolute atomic E-state index is 11.7. The number of piperidine rings is 1. The number of methoxy groups -OCH3 is 1. The maximum Gasteiger partial charge on any atom is 0.234 e. The molecule has 2 atom stereocenters. The zero-order chi connectivity index (χ0) is 14.1. The number of likely N-dealkylation sites (tertiary alicyclic amines) is 1. The average molecular weight is 271 g/mol. The Bertz CT molecular complexity index is 261. The third-order valence-electron chi connectivity index (χ3n) is 3.45. The summed E-state index contributed by atoms with van der Waals surface area (Å²) in [6.45, 7) is 9.36. The fraction of sp³-hybridized carbons (Fsp3) is 0.929. The van der Waals surface area contributed by atoms with E-state index in [1.165, 1.54) is 12.8 Å². The topological polar surface area (TPSA) is 53.6 Å². The predicted octanol–water partition coefficient (Wildman–Crippen LogP) is 0.459. The van der Waals surface area contributed by atoms with Gasteiger partial charge in [-0.2, -0.15) is 0 Å². The molecule has 0 radical (unpaired) electrons. The van der Waals surface area contributed by atoms with E-state index < -0.39 is 0 Å². The van der Waals surface area contributed by atoms with E-state index in [4.69, 9.17) is 4.74 Å². The maximum atomic E-state index is 11.7. The Labute approximate surface area is 117 Å². The van der Waals surface area contributed by atoms with Gasteiger partial charge in [0, 0.05) is 32.8 Å². The lowest BCUT2D eigenvalue weighted by molar-refractivity contribution is -0.121. The molecular weight excluding hydrogens is 242 g/mol. The first-order chi connectivity index (χ1) is 9.11. The molecule has 1 amide bonds. The summed E-state index contributed by atoms with van der Waals surface area (Å²) < 4.78 is 4.91. The second-order valence-corrected chi connectivity index (χ2v) is 5.65. The molecule has 1 aliphatic rings. The number of ether oxygens (including phenoxy) is 1. The van der Waals surface area contributed by atoms with Crippen LogP contribution in [-0.4, -0.2) is 63.3 Å². The van der Waals surface area contributed by atoms with Crippen molar-refractivity contribution in [3.63, 3.8) is 0 Å². The summed E-state index contributed by atoms with van der Waals surface area (Å²) in [6, 6.07) is 0.210. The number of hydrogen-bond acceptors (Lipinski definition) is 4. The van der Waals surface area contributed by atoms with Gasteiger partial charge >= 0.3 is 0 Å². The van der Waals surface area contributed by atoms with E-state index in [0.717, 1.165) is 25.6 Å². The van der Waals surface area contributed by atoms with E-state index in [-0.39, 0.29) is 11.9 Å². The first kappa shape index (κ1) is 16.4. The standard InChI is InChI=1S/C14H29N3O2/c1-12-5-4-7-17(10-12)11-13(2)16-14(18)9-15-6-8-19-3/h12-13,15H,4-11H2,1-3H3,(H,16,18). The normalized spacial score (nSPS) is 22.2. The Hall–Kier alpha value is -0.650. The number of rotatable bonds is 8. The van der Waals surface area contributed by atoms with Crippen molar-refractivity contribution in [2.24, 2.45) is 5.92 Å². The summed E-state index contributed by atoms with van der Waals surface area (Å²) >= 11 is 0. The SMILES string of the molecule is COCCNCC(=O)NC(C)CN1CCCC(C)C1. The van der Waals surface area contributed by atoms with E-state index in [1.54, 1.807) is 7.11 Å². The molecule has 1 fully saturated rings. The molecule has 5 nitrogen and oxygen atoms in total. The summed E-state index contributed by atoms with van der Waals surface area (Å²) in [7, 11) is 1.66. The molecule has 1 saturated heterocycles. The van der Waals surface area contributed by atoms with Crippen molar-refractivity contribution in [1.29, 1.82) is 0 Å². The Balaban J connectivity index is 2.12. The summed E-state index contributed by atoms with van der Waals surface area (Å²) in [4.78, 5) is 14.1. The Kier molecular flexibility index (Phi) is 8.02. The van der Waals surface area contributed by atoms with Crippen LogP contribution < -0.4 is 10.6 Å². The van der Waals surface area contributed by atoms with Gasteiger partial charge in [-0.1, -0.05) is 6.92 Å². The monoisotopic (exact) mass is 271 g/mol. The van der Waals surface area contributed by atoms with E-state index >= 15 is 0 Å². The molecule has 112 valence electrons. The highest BCUT2D eigenvalue weighted by molar-refractivity contribution is 5.78. The minimum Gasteiger partial charge on any atom is -0.383 e. The van der Waals surface area contributed by atoms with Crippen LogP contribution in [0.3, 0.4) is 0 Å². The fourth-order valence-electron chi connectivity index (χ4n) is 2.59. The summed E-state index contributed by atoms with van der Waals surface area (Å²) in [5.74, 6) is 0.848. The summed E-state index contributed by atoms with van der Waals surface area (Å²) in [5, 5.41) is 6.09. The molecule has 0 spiro atoms. The fourth-order valence-corrected chi connectivity index (χ4v) is 2.59. The van der Waals surface area contributed by atoms with Crippen molar-refractivity contribution < 1.29 is 9.53 Å². The quantitative estimate of drug-likeness (QED) is 0.630. The van der Waals surface area contributed by atoms with Crippen molar-refractivity contribution in [2.75, 3.05) is 46.4 Å². The number of amides is 1. The molecule has 1 heterocycles. The molecule has 0 saturated carbocycles. The van der Waals surface area contributed by atoms with Crippen molar-refractivity contribution in [3.05, 3.63) is 0 Å². The Morgan fingerprint density at radius 2 is 2.32 bits per heavy atom. The van der Waals surface area contributed by atoms with Gasteiger partial charge in [0.15, 0.2) is 0 Å². The van der Waals surface area contributed by atoms with Gasteiger partial charge in [0.2, 0.25) is 5.91 Å². The van der Waals surface area contributed by atoms with E-state index in [0.29, 0.717) is 19.7 Å². The number of carbonyl (C=O) groups excluding carboxylic acids is 1. The highest BCUT2D eigenvalue weighted by Gasteiger charge is 2.18. The minimum absolute atomic E-state index is 0.0636. The molecule has 0 aromatic heterocycles. The van der Waals surface area contributed by atoms with Crippen molar-refractivity contribution in [2.45, 2.75) is 32.7 Å². The minimum atomic E-state index is 0.0636. The van der Waals surface area contributed by atoms with Crippen LogP contribution >= 0.6 is 0 Å². The summed E-state index contributed by atoms with van der Waals surface area (Å²) in [6.07, 6.45) is 2.61. The van der Waals surface area contributed by atoms with Crippen LogP contribution in [0.2, 0.25) is 0 Å². The molecule has 5 heteroatoms. The van der Waals surface area contributed by atoms with Gasteiger partial charge in [-0.25, -0.2) is 0 Å². The molecule has 0 aliphatic carbocycles. The third-order valence-corrected chi connectivity index (χ3v) is 3.45. The molecule has 1 aliphatic heterocycles. The van der Waals surface area contributed by atoms with E-state index in [2.05, 4.69) is 29.4 Å². The van der Waals surface area contributed by atoms with Crippen LogP contribution in [0.1, 0.15) is 26.7 Å². The second kappa shape index (κ2) is 9.28. The van der Waals surface area contributed by atoms with Gasteiger partial charge in [-0.15, -0.1) is 0 Å². The first-order valence-corrected chi connectivity index (χ1v) is 7.33. The molecule has 2 N–H and O–H groups in total. The van der Waals surface area contributed by atoms with Gasteiger partial charge < -0.3 is 20.3 Å². The van der Waals surface area contributed by atoms with Crippen molar-refractivity contribution in [1.82, 2.24) is 15.5 Å². The van der Waals surface area contributed by atoms with E-state index in [9.17, 15) is 4.79 Å². The van der Waals surface area contributed by atoms with Gasteiger partial charge in [-0.3, -0.25) is 4.79 Å². The largest absolute Gasteiger partial charge is 0.383 e. The van der Waals surface area contributed by atoms with Gasteiger partial charge in [0.25, 0.3) is 0 Å². The second-order valence-electron chi connectivity index (χ2n) is 5.65. The van der Waals surface area contributed by atoms with Crippen LogP contribution in [0, 0.1) is 5.92 Å². The smallest absolute Gasteiger partial charge is 0.234 e. The first-order valence-electron chi connectivity index (χ1n) is 7.33. The Morgan fingerprint density at radius 1 is 1.53 bits per heavy atom. The van der Waals surface area contributed by atoms with Gasteiger partial charge in [0.05, 0.1) is 13.2 Å². The molecule has 0 bridgehead atoms. The lowest BCUT2D eigenvalue weighted by atomic mass is 10.00.